The molecule has 61 heteroatoms. The van der Waals surface area contributed by atoms with Crippen LogP contribution in [0.2, 0.25) is 0 Å². The molecule has 0 spiro atoms. The van der Waals surface area contributed by atoms with E-state index in [2.05, 4.69) is 77.9 Å². The maximum absolute atomic E-state index is 12.7. The van der Waals surface area contributed by atoms with Gasteiger partial charge in [0.25, 0.3) is 15.6 Å². The molecule has 0 radical (unpaired) electrons. The van der Waals surface area contributed by atoms with Crippen molar-refractivity contribution in [1.82, 2.24) is 60.3 Å². The summed E-state index contributed by atoms with van der Waals surface area (Å²) in [5, 5.41) is 93.7. The van der Waals surface area contributed by atoms with Gasteiger partial charge in [-0.2, -0.15) is 4.31 Å². The second-order valence-electron chi connectivity index (χ2n) is 26.1. The van der Waals surface area contributed by atoms with Crippen LogP contribution in [0.1, 0.15) is 112 Å². The summed E-state index contributed by atoms with van der Waals surface area (Å²) in [6, 6.07) is 0. The van der Waals surface area contributed by atoms with E-state index in [1.165, 1.54) is 41.5 Å². The van der Waals surface area contributed by atoms with Crippen LogP contribution in [0.15, 0.2) is 25.3 Å². The van der Waals surface area contributed by atoms with Crippen LogP contribution < -0.4 is 57.4 Å². The number of thioether (sulfide) groups is 1. The topological polar surface area (TPSA) is 860 Å². The van der Waals surface area contributed by atoms with Crippen molar-refractivity contribution in [3.8, 4) is 0 Å². The summed E-state index contributed by atoms with van der Waals surface area (Å²) in [6.07, 6.45) is -13.1. The van der Waals surface area contributed by atoms with Gasteiger partial charge >= 0.3 is 29.4 Å². The minimum absolute atomic E-state index is 0.000201. The third-order valence-electron chi connectivity index (χ3n) is 15.2. The number of imidazole rings is 2. The number of amides is 4. The summed E-state index contributed by atoms with van der Waals surface area (Å²) in [6.45, 7) is 3.03. The van der Waals surface area contributed by atoms with Gasteiger partial charge in [0.2, 0.25) is 23.6 Å². The van der Waals surface area contributed by atoms with E-state index in [-0.39, 0.29) is 110 Å². The fourth-order valence-electron chi connectivity index (χ4n) is 9.43. The zero-order valence-electron chi connectivity index (χ0n) is 62.9. The summed E-state index contributed by atoms with van der Waals surface area (Å²) < 4.78 is 122. The van der Waals surface area contributed by atoms with Crippen molar-refractivity contribution in [1.29, 1.82) is 0 Å². The van der Waals surface area contributed by atoms with Gasteiger partial charge in [0, 0.05) is 88.1 Å². The minimum Gasteiger partial charge on any atom is -0.831 e. The Morgan fingerprint density at radius 2 is 0.991 bits per heavy atom. The average molecular weight is 1820 g/mol. The van der Waals surface area contributed by atoms with Gasteiger partial charge in [-0.1, -0.05) is 46.4 Å². The molecule has 668 valence electrons. The van der Waals surface area contributed by atoms with Crippen molar-refractivity contribution >= 4 is 133 Å². The Morgan fingerprint density at radius 1 is 0.581 bits per heavy atom. The van der Waals surface area contributed by atoms with Crippen molar-refractivity contribution < 1.29 is 191 Å². The first-order chi connectivity index (χ1) is 54.1. The van der Waals surface area contributed by atoms with Crippen molar-refractivity contribution in [2.75, 3.05) is 83.0 Å². The number of fused-ring (bicyclic) bond motifs is 2. The number of unbranched alkanes of at least 4 members (excludes halogenated alkanes) is 2. The highest BCUT2D eigenvalue weighted by atomic mass is 32.2. The summed E-state index contributed by atoms with van der Waals surface area (Å²) in [5.41, 5.74) is 8.30. The molecule has 0 bridgehead atoms. The van der Waals surface area contributed by atoms with E-state index in [1.54, 1.807) is 0 Å². The number of ether oxygens (including phenoxy) is 2. The Labute approximate surface area is 668 Å². The first-order valence-electron chi connectivity index (χ1n) is 34.2. The largest absolute Gasteiger partial charge is 0.831 e. The molecule has 20 N–H and O–H groups in total. The summed E-state index contributed by atoms with van der Waals surface area (Å²) in [7, 11) is -34.0. The molecule has 15 atom stereocenters. The Balaban J connectivity index is 0.000000531. The first-order valence-corrected chi connectivity index (χ1v) is 44.1. The molecule has 4 amide bonds. The lowest BCUT2D eigenvalue weighted by atomic mass is 9.87. The summed E-state index contributed by atoms with van der Waals surface area (Å²) >= 11 is 1.04. The number of nitrogens with one attached hydrogen (secondary N) is 4. The number of anilines is 2. The van der Waals surface area contributed by atoms with E-state index in [0.717, 1.165) is 46.2 Å². The smallest absolute Gasteiger partial charge is 0.481 e. The van der Waals surface area contributed by atoms with Crippen LogP contribution in [0.3, 0.4) is 0 Å². The fourth-order valence-corrected chi connectivity index (χ4v) is 15.7. The number of nitrogens with zero attached hydrogens (tertiary/aromatic N) is 8. The van der Waals surface area contributed by atoms with E-state index in [1.807, 2.05) is 0 Å². The van der Waals surface area contributed by atoms with Gasteiger partial charge in [-0.05, 0) is 38.9 Å². The van der Waals surface area contributed by atoms with Crippen LogP contribution in [0.25, 0.3) is 22.3 Å². The molecule has 54 nitrogen and oxygen atoms in total. The van der Waals surface area contributed by atoms with Crippen molar-refractivity contribution in [2.45, 2.75) is 167 Å². The van der Waals surface area contributed by atoms with Crippen LogP contribution in [0, 0.1) is 10.8 Å². The number of aromatic nitrogens is 8. The van der Waals surface area contributed by atoms with E-state index in [9.17, 15) is 121 Å². The lowest BCUT2D eigenvalue weighted by Crippen LogP contribution is -2.46. The number of Topliss-reactive ketones (excluding diaryl/α,β-unsaturated/α-hetero) is 1. The van der Waals surface area contributed by atoms with Crippen LogP contribution in [-0.2, 0) is 106 Å². The third kappa shape index (κ3) is 38.4. The first kappa shape index (κ1) is 105. The number of hydrogen-bond donors (Lipinski definition) is 18. The van der Waals surface area contributed by atoms with E-state index in [0.29, 0.717) is 37.9 Å². The Bertz CT molecular complexity index is 4210. The number of ketones is 1. The highest BCUT2D eigenvalue weighted by Gasteiger charge is 2.51. The molecule has 6 heterocycles. The molecule has 2 aliphatic heterocycles. The molecule has 4 aromatic rings. The average Bonchev–Trinajstić information content (AvgIpc) is 1.62. The van der Waals surface area contributed by atoms with Gasteiger partial charge in [0.05, 0.1) is 46.9 Å². The van der Waals surface area contributed by atoms with E-state index < -0.39 is 181 Å². The normalized spacial score (nSPS) is 21.2. The summed E-state index contributed by atoms with van der Waals surface area (Å²) in [4.78, 5) is 191. The summed E-state index contributed by atoms with van der Waals surface area (Å²) in [5.74, 6) is -3.68. The van der Waals surface area contributed by atoms with Gasteiger partial charge < -0.3 is 145 Å². The number of aliphatic hydroxyl groups is 7. The number of carboxylic acids is 1. The second kappa shape index (κ2) is 48.1. The van der Waals surface area contributed by atoms with Gasteiger partial charge in [-0.15, -0.1) is 0 Å². The third-order valence-corrected chi connectivity index (χ3v) is 22.3. The molecular weight excluding hydrogens is 1730 g/mol. The molecule has 0 saturated carbocycles. The highest BCUT2D eigenvalue weighted by molar-refractivity contribution is 8.13. The number of nitrogens with two attached hydrogens (primary N) is 2. The van der Waals surface area contributed by atoms with Gasteiger partial charge in [0.15, 0.2) is 40.5 Å². The maximum atomic E-state index is 12.7. The predicted molar refractivity (Wildman–Crippen MR) is 384 cm³/mol. The predicted octanol–water partition coefficient (Wildman–Crippen LogP) is -6.40. The van der Waals surface area contributed by atoms with Crippen molar-refractivity contribution in [3.05, 3.63) is 25.3 Å². The second-order valence-corrected chi connectivity index (χ2v) is 35.5. The van der Waals surface area contributed by atoms with Gasteiger partial charge in [-0.3, -0.25) is 65.4 Å². The minimum atomic E-state index is -5.90. The fraction of sp³-hybridized carbons (Fsp3) is 0.696. The Hall–Kier alpha value is -5.92. The number of phosphoric ester groups is 6. The van der Waals surface area contributed by atoms with Gasteiger partial charge in [0.1, 0.15) is 78.3 Å². The Morgan fingerprint density at radius 3 is 1.43 bits per heavy atom. The van der Waals surface area contributed by atoms with Crippen molar-refractivity contribution in [2.24, 2.45) is 10.8 Å². The number of phosphoric acid groups is 6. The number of carbonyl (C=O) groups is 7. The van der Waals surface area contributed by atoms with Gasteiger partial charge in [-0.25, -0.2) is 47.9 Å². The number of hydrogen-bond acceptors (Lipinski definition) is 44. The molecular formula is C56H93N14O40P6S-5. The molecule has 0 aromatic carbocycles. The lowest BCUT2D eigenvalue weighted by molar-refractivity contribution is -0.475. The zero-order valence-corrected chi connectivity index (χ0v) is 69.1. The standard InChI is InChI=1S/C26H44N7O18P3S.C23H38N7O17P3.C5H10O3.C2H5O2/c1-26(2,21(38)24(39)29-7-6-16(35)28-8-10-55-17(36)5-3-4-9-34)12-48-54(45,46)51-53(43,44)47-11-15-20(50-52(40,41)42)19(37)25(49-15)33-14-32-18-22(27)30-13-31-23(18)33;1-12(31)4-6-25-14(32)5-7-26-21(35)18(34)23(2,3)9-44-50(41,42)47-49(39,40)43-8-13-17(46-48(36,37)38)16(33)22(45-13)30-11-29-15-19(24)27-10-28-20(15)30;6-4-2-1-3-5(7)8;1-2(3)4/h13-15,19-21,25,34,37-38H,3-12H2,1-2H3,(H,28,35)(H,29,39)(H,43,44)(H,45,46)(H2,27,30,31)(H2,40,41,42);10-11,13,16-18,22,33-34H,4-9H2,1-3H3,(H,25,32)(H,26,35)(H,39,40)(H,41,42)(H2,24,27,28)(H2,36,37,38);6H,1-4H2,(H,7,8);2-3H,1H3/q;;;-1/p-4/t15-,19?,20?,21?,25-;;;/m0.../s1. The molecule has 2 aliphatic rings. The van der Waals surface area contributed by atoms with E-state index in [4.69, 9.17) is 55.5 Å². The molecule has 13 unspecified atom stereocenters. The van der Waals surface area contributed by atoms with Crippen LogP contribution in [0.4, 0.5) is 11.6 Å². The number of nitrogen functional groups attached to an aromatic ring is 2. The molecule has 6 rings (SSSR count). The molecule has 0 aliphatic carbocycles. The number of aliphatic carboxylic acids is 1. The lowest BCUT2D eigenvalue weighted by Gasteiger charge is -2.36. The van der Waals surface area contributed by atoms with Crippen LogP contribution in [0.5, 0.6) is 0 Å². The Kier molecular flexibility index (Phi) is 43.2. The van der Waals surface area contributed by atoms with Crippen LogP contribution in [-0.4, -0.2) is 267 Å². The number of rotatable bonds is 46. The maximum Gasteiger partial charge on any atom is 0.481 e. The van der Waals surface area contributed by atoms with Crippen molar-refractivity contribution in [3.63, 3.8) is 0 Å². The number of carbonyl (C=O) groups excluding carboxylic acids is 6. The quantitative estimate of drug-likeness (QED) is 0.0111. The van der Waals surface area contributed by atoms with E-state index >= 15 is 0 Å². The SMILES string of the molecule is CC(=O)CCNC(=O)CCNC(=O)C(O)C(C)(C)COP(=O)([O-])OP(=O)([O-])OCC1OC(n2cnc3c(N)ncnc32)C(O)C1OP(=O)([O-])[O-].CC(C)(COP(=O)(O)OP(=O)(O)OC[C@@H]1O[C@H](n2cnc3c(N)ncnc32)C(O)C1OP(=O)(O)O)C(O)C(=O)NCCC(=O)NCCSC(=O)CCCCO.CC([O-])O.O=C(O)CCCCO. The molecule has 4 aromatic heterocycles. The highest BCUT2D eigenvalue weighted by Crippen LogP contribution is 2.62. The number of aliphatic hydroxyl groups excluding tert-OH is 7. The number of carboxylic acid groups (broad SMARTS) is 1. The monoisotopic (exact) mass is 1820 g/mol. The molecule has 117 heavy (non-hydrogen) atoms. The molecule has 2 fully saturated rings. The van der Waals surface area contributed by atoms with Crippen LogP contribution >= 0.6 is 58.7 Å². The zero-order chi connectivity index (χ0) is 88.8. The molecule has 2 saturated heterocycles.